The SMILES string of the molecule is Nc1ccn([C@@H]2O[C@H](CO[P+](=O)O)[C@@H](OP(=O)(O)OC[C@H]3O[C@@H](n4cnc5c(=O)[nH]c(N)nc54)[C@H](O)[C@@H]3OP(=O)(O)OC[C@H]3O[C@@H](n4ccc(N)nc4=O)[C@H](O)[C@@H]3OP(=O)(O)OC[C@H]3O[C@@H](n4cnc5c(=O)[nH]c(N)nc54)[C@H](O)[C@@H]3O)[C@H]2O)c(=O)n1. The topological polar surface area (TPSA) is 653 Å². The van der Waals surface area contributed by atoms with Gasteiger partial charge in [-0.1, -0.05) is 0 Å². The summed E-state index contributed by atoms with van der Waals surface area (Å²) in [4.78, 5) is 121. The number of ether oxygens (including phenoxy) is 4. The molecule has 0 aromatic carbocycles. The summed E-state index contributed by atoms with van der Waals surface area (Å²) in [5.74, 6) is -1.35. The number of hydrogen-bond donors (Lipinski definition) is 15. The molecule has 4 fully saturated rings. The highest BCUT2D eigenvalue weighted by atomic mass is 31.2. The first kappa shape index (κ1) is 62.7. The van der Waals surface area contributed by atoms with Crippen LogP contribution in [0.3, 0.4) is 0 Å². The lowest BCUT2D eigenvalue weighted by molar-refractivity contribution is -0.0643. The number of imidazole rings is 2. The molecule has 6 aromatic heterocycles. The maximum atomic E-state index is 14.1. The normalized spacial score (nSPS) is 31.8. The van der Waals surface area contributed by atoms with Gasteiger partial charge in [-0.3, -0.25) is 65.0 Å². The van der Waals surface area contributed by atoms with E-state index in [0.29, 0.717) is 9.13 Å². The first-order valence-corrected chi connectivity index (χ1v) is 30.0. The molecule has 0 saturated carbocycles. The van der Waals surface area contributed by atoms with Gasteiger partial charge in [0.1, 0.15) is 91.5 Å². The molecule has 0 bridgehead atoms. The minimum Gasteiger partial charge on any atom is -0.387 e. The molecule has 0 radical (unpaired) electrons. The summed E-state index contributed by atoms with van der Waals surface area (Å²) < 4.78 is 115. The number of phosphoric acid groups is 3. The van der Waals surface area contributed by atoms with Gasteiger partial charge in [0, 0.05) is 17.0 Å². The average molecular weight is 1300 g/mol. The van der Waals surface area contributed by atoms with Crippen molar-refractivity contribution >= 4 is 77.6 Å². The Morgan fingerprint density at radius 2 is 0.872 bits per heavy atom. The molecule has 468 valence electrons. The van der Waals surface area contributed by atoms with Gasteiger partial charge in [0.05, 0.1) is 32.5 Å². The molecule has 4 aliphatic heterocycles. The molecule has 0 amide bonds. The zero-order valence-corrected chi connectivity index (χ0v) is 46.5. The molecule has 6 aromatic rings. The van der Waals surface area contributed by atoms with Crippen molar-refractivity contribution in [1.29, 1.82) is 0 Å². The second-order valence-electron chi connectivity index (χ2n) is 18.9. The number of aromatic nitrogens is 12. The molecule has 4 saturated heterocycles. The van der Waals surface area contributed by atoms with Crippen molar-refractivity contribution in [2.75, 3.05) is 49.4 Å². The van der Waals surface area contributed by atoms with E-state index in [-0.39, 0.29) is 39.9 Å². The summed E-state index contributed by atoms with van der Waals surface area (Å²) in [6, 6.07) is 2.21. The molecular formula is C38H49N16O28P4+. The molecule has 20 atom stereocenters. The van der Waals surface area contributed by atoms with Crippen molar-refractivity contribution < 1.29 is 114 Å². The molecule has 4 aliphatic rings. The van der Waals surface area contributed by atoms with E-state index in [2.05, 4.69) is 44.4 Å². The summed E-state index contributed by atoms with van der Waals surface area (Å²) in [6.07, 6.45) is -27.2. The van der Waals surface area contributed by atoms with E-state index >= 15 is 0 Å². The Morgan fingerprint density at radius 3 is 1.26 bits per heavy atom. The Balaban J connectivity index is 0.868. The molecule has 10 heterocycles. The number of aliphatic hydroxyl groups excluding tert-OH is 5. The molecule has 0 spiro atoms. The number of fused-ring (bicyclic) bond motifs is 2. The van der Waals surface area contributed by atoms with Crippen LogP contribution in [0, 0.1) is 0 Å². The monoisotopic (exact) mass is 1300 g/mol. The summed E-state index contributed by atoms with van der Waals surface area (Å²) in [6.45, 7) is -4.56. The van der Waals surface area contributed by atoms with E-state index < -0.39 is 185 Å². The van der Waals surface area contributed by atoms with Crippen LogP contribution in [0.15, 0.2) is 56.4 Å². The van der Waals surface area contributed by atoms with E-state index in [9.17, 15) is 82.5 Å². The molecule has 19 N–H and O–H groups in total. The van der Waals surface area contributed by atoms with Crippen LogP contribution in [-0.4, -0.2) is 203 Å². The highest BCUT2D eigenvalue weighted by Crippen LogP contribution is 2.54. The van der Waals surface area contributed by atoms with Gasteiger partial charge in [0.25, 0.3) is 11.1 Å². The second-order valence-corrected chi connectivity index (χ2v) is 23.8. The third kappa shape index (κ3) is 13.0. The summed E-state index contributed by atoms with van der Waals surface area (Å²) in [7, 11) is -20.4. The largest absolute Gasteiger partial charge is 0.694 e. The van der Waals surface area contributed by atoms with Crippen LogP contribution in [0.1, 0.15) is 24.9 Å². The second kappa shape index (κ2) is 24.3. The van der Waals surface area contributed by atoms with Gasteiger partial charge in [0.2, 0.25) is 11.9 Å². The Morgan fingerprint density at radius 1 is 0.523 bits per heavy atom. The Labute approximate surface area is 475 Å². The molecule has 86 heavy (non-hydrogen) atoms. The van der Waals surface area contributed by atoms with Crippen LogP contribution >= 0.6 is 31.7 Å². The first-order valence-electron chi connectivity index (χ1n) is 24.4. The van der Waals surface area contributed by atoms with Crippen molar-refractivity contribution in [3.63, 3.8) is 0 Å². The van der Waals surface area contributed by atoms with E-state index in [4.69, 9.17) is 69.0 Å². The highest BCUT2D eigenvalue weighted by Gasteiger charge is 2.55. The van der Waals surface area contributed by atoms with Crippen LogP contribution in [0.5, 0.6) is 0 Å². The number of nitrogen functional groups attached to an aromatic ring is 4. The lowest BCUT2D eigenvalue weighted by Gasteiger charge is -2.26. The maximum Gasteiger partial charge on any atom is 0.694 e. The number of aromatic amines is 2. The highest BCUT2D eigenvalue weighted by molar-refractivity contribution is 7.48. The van der Waals surface area contributed by atoms with Gasteiger partial charge in [-0.25, -0.2) is 33.3 Å². The van der Waals surface area contributed by atoms with E-state index in [1.165, 1.54) is 0 Å². The number of hydrogen-bond acceptors (Lipinski definition) is 34. The third-order valence-corrected chi connectivity index (χ3v) is 16.6. The summed E-state index contributed by atoms with van der Waals surface area (Å²) >= 11 is 0. The van der Waals surface area contributed by atoms with Gasteiger partial charge >= 0.3 is 43.1 Å². The molecule has 4 unspecified atom stereocenters. The Bertz CT molecular complexity index is 3940. The number of anilines is 4. The van der Waals surface area contributed by atoms with Crippen molar-refractivity contribution in [1.82, 2.24) is 58.1 Å². The number of H-pyrrole nitrogens is 2. The molecule has 48 heteroatoms. The summed E-state index contributed by atoms with van der Waals surface area (Å²) in [5.41, 5.74) is 17.5. The minimum atomic E-state index is -5.80. The van der Waals surface area contributed by atoms with Crippen LogP contribution in [-0.2, 0) is 68.9 Å². The van der Waals surface area contributed by atoms with Crippen LogP contribution < -0.4 is 45.4 Å². The predicted molar refractivity (Wildman–Crippen MR) is 274 cm³/mol. The Kier molecular flexibility index (Phi) is 17.7. The number of aliphatic hydroxyl groups is 5. The van der Waals surface area contributed by atoms with Gasteiger partial charge in [-0.15, -0.1) is 9.42 Å². The van der Waals surface area contributed by atoms with Gasteiger partial charge < -0.3 is 82.1 Å². The molecular weight excluding hydrogens is 1250 g/mol. The quantitative estimate of drug-likeness (QED) is 0.0281. The number of nitrogens with one attached hydrogen (secondary N) is 2. The van der Waals surface area contributed by atoms with Gasteiger partial charge in [-0.05, 0) is 12.1 Å². The van der Waals surface area contributed by atoms with Crippen LogP contribution in [0.25, 0.3) is 22.3 Å². The molecule has 0 aliphatic carbocycles. The van der Waals surface area contributed by atoms with Crippen molar-refractivity contribution in [2.24, 2.45) is 0 Å². The fourth-order valence-electron chi connectivity index (χ4n) is 9.43. The van der Waals surface area contributed by atoms with Crippen LogP contribution in [0.2, 0.25) is 0 Å². The van der Waals surface area contributed by atoms with E-state index in [0.717, 1.165) is 46.3 Å². The number of rotatable bonds is 22. The van der Waals surface area contributed by atoms with Gasteiger partial charge in [0.15, 0.2) is 47.2 Å². The third-order valence-electron chi connectivity index (χ3n) is 13.3. The van der Waals surface area contributed by atoms with Crippen molar-refractivity contribution in [3.8, 4) is 0 Å². The first-order chi connectivity index (χ1) is 40.5. The maximum absolute atomic E-state index is 14.1. The minimum absolute atomic E-state index is 0.186. The molecule has 44 nitrogen and oxygen atoms in total. The number of phosphoric ester groups is 3. The smallest absolute Gasteiger partial charge is 0.387 e. The zero-order valence-electron chi connectivity index (χ0n) is 42.9. The lowest BCUT2D eigenvalue weighted by atomic mass is 10.1. The number of nitrogens with zero attached hydrogens (tertiary/aromatic N) is 10. The zero-order chi connectivity index (χ0) is 62.1. The van der Waals surface area contributed by atoms with E-state index in [1.54, 1.807) is 0 Å². The van der Waals surface area contributed by atoms with Crippen LogP contribution in [0.4, 0.5) is 23.5 Å². The molecule has 10 rings (SSSR count). The van der Waals surface area contributed by atoms with Crippen molar-refractivity contribution in [2.45, 2.75) is 98.2 Å². The predicted octanol–water partition coefficient (Wildman–Crippen LogP) is -6.34. The summed E-state index contributed by atoms with van der Waals surface area (Å²) in [5, 5.41) is 56.3. The van der Waals surface area contributed by atoms with E-state index in [1.807, 2.05) is 0 Å². The fraction of sp³-hybridized carbons (Fsp3) is 0.526. The Hall–Kier alpha value is -6.35. The standard InChI is InChI=1S/C38H48N16O28P4/c39-15-1-3-51(37(62)45-15)32-21(57)24(12(77-32)5-72-83(64)65)80-85(68,69)75-8-14-26(23(59)34(79-14)54-10-44-18-28(54)48-36(42)50-30(18)61)82-86(70,71)74-7-13-25(22(58)33(78-13)52-4-2-16(40)46-38(52)63)81-84(66,67)73-6-11-19(55)20(56)31(76-11)53-9-43-17-27(53)47-35(41)49-29(17)60/h1-4,9-14,19-26,31-34,55-59H,5-8H2,(H13-,39,40,41,42,45,46,47,48,49,50,60,61,62,63,64,65,66,67,68,69,70,71)/p+1/t11-,12-,13-,14-,19-,20-,21-,22-,23-,24-,25-,26-,31-,32-,33-,34-/m1/s1. The lowest BCUT2D eigenvalue weighted by Crippen LogP contribution is -2.39. The fourth-order valence-corrected chi connectivity index (χ4v) is 12.6. The van der Waals surface area contributed by atoms with Crippen molar-refractivity contribution in [3.05, 3.63) is 78.9 Å². The van der Waals surface area contributed by atoms with Gasteiger partial charge in [-0.2, -0.15) is 19.9 Å². The average Bonchev–Trinajstić information content (AvgIpc) is 2.82. The number of nitrogens with two attached hydrogens (primary N) is 4.